The van der Waals surface area contributed by atoms with Gasteiger partial charge in [0.05, 0.1) is 18.2 Å². The maximum atomic E-state index is 13.6. The number of rotatable bonds is 13. The van der Waals surface area contributed by atoms with Gasteiger partial charge in [0, 0.05) is 51.0 Å². The van der Waals surface area contributed by atoms with E-state index < -0.39 is 12.1 Å². The second-order valence-corrected chi connectivity index (χ2v) is 11.6. The van der Waals surface area contributed by atoms with E-state index in [1.807, 2.05) is 101 Å². The second-order valence-electron chi connectivity index (χ2n) is 11.6. The summed E-state index contributed by atoms with van der Waals surface area (Å²) in [5.41, 5.74) is 5.89. The van der Waals surface area contributed by atoms with Crippen LogP contribution in [0.2, 0.25) is 0 Å². The van der Waals surface area contributed by atoms with Crippen LogP contribution >= 0.6 is 0 Å². The zero-order valence-corrected chi connectivity index (χ0v) is 26.3. The molecule has 0 radical (unpaired) electrons. The van der Waals surface area contributed by atoms with Gasteiger partial charge in [-0.05, 0) is 72.9 Å². The van der Waals surface area contributed by atoms with Crippen LogP contribution in [0, 0.1) is 6.92 Å². The summed E-state index contributed by atoms with van der Waals surface area (Å²) >= 11 is 0. The summed E-state index contributed by atoms with van der Waals surface area (Å²) in [7, 11) is 5.78. The summed E-state index contributed by atoms with van der Waals surface area (Å²) in [5.74, 6) is -0.498. The van der Waals surface area contributed by atoms with E-state index >= 15 is 0 Å². The Bertz CT molecular complexity index is 1520. The Morgan fingerprint density at radius 3 is 2.11 bits per heavy atom. The Morgan fingerprint density at radius 1 is 0.795 bits per heavy atom. The van der Waals surface area contributed by atoms with Gasteiger partial charge in [0.1, 0.15) is 0 Å². The molecule has 7 nitrogen and oxygen atoms in total. The predicted molar refractivity (Wildman–Crippen MR) is 178 cm³/mol. The number of hydrogen-bond donors (Lipinski definition) is 3. The van der Waals surface area contributed by atoms with Crippen molar-refractivity contribution in [3.63, 3.8) is 0 Å². The molecule has 4 rings (SSSR count). The van der Waals surface area contributed by atoms with E-state index in [2.05, 4.69) is 27.7 Å². The number of hydrogen-bond acceptors (Lipinski definition) is 5. The van der Waals surface area contributed by atoms with Crippen LogP contribution in [0.4, 0.5) is 5.69 Å². The maximum absolute atomic E-state index is 13.6. The normalized spacial score (nSPS) is 13.0. The number of amides is 2. The van der Waals surface area contributed by atoms with Crippen LogP contribution in [0.1, 0.15) is 55.9 Å². The van der Waals surface area contributed by atoms with Crippen LogP contribution in [-0.2, 0) is 13.0 Å². The summed E-state index contributed by atoms with van der Waals surface area (Å²) in [6.07, 6.45) is -0.388. The van der Waals surface area contributed by atoms with Gasteiger partial charge < -0.3 is 25.5 Å². The third-order valence-electron chi connectivity index (χ3n) is 7.96. The van der Waals surface area contributed by atoms with Crippen molar-refractivity contribution in [2.45, 2.75) is 45.0 Å². The van der Waals surface area contributed by atoms with Gasteiger partial charge in [-0.1, -0.05) is 72.8 Å². The lowest BCUT2D eigenvalue weighted by molar-refractivity contribution is 0.0742. The quantitative estimate of drug-likeness (QED) is 0.194. The maximum Gasteiger partial charge on any atom is 0.254 e. The third-order valence-corrected chi connectivity index (χ3v) is 7.96. The fourth-order valence-electron chi connectivity index (χ4n) is 5.23. The van der Waals surface area contributed by atoms with Gasteiger partial charge in [0.25, 0.3) is 11.8 Å². The lowest BCUT2D eigenvalue weighted by Gasteiger charge is -2.26. The molecule has 0 saturated heterocycles. The minimum atomic E-state index is -0.847. The van der Waals surface area contributed by atoms with Crippen LogP contribution in [0.25, 0.3) is 0 Å². The molecule has 0 bridgehead atoms. The molecule has 3 atom stereocenters. The molecule has 0 aromatic heterocycles. The minimum absolute atomic E-state index is 0.134. The molecule has 44 heavy (non-hydrogen) atoms. The Kier molecular flexibility index (Phi) is 11.3. The summed E-state index contributed by atoms with van der Waals surface area (Å²) in [6, 6.07) is 32.4. The Balaban J connectivity index is 1.48. The third kappa shape index (κ3) is 8.78. The van der Waals surface area contributed by atoms with Gasteiger partial charge in [0.2, 0.25) is 0 Å². The molecule has 0 aliphatic rings. The predicted octanol–water partition coefficient (Wildman–Crippen LogP) is 5.39. The highest BCUT2D eigenvalue weighted by Gasteiger charge is 2.24. The average Bonchev–Trinajstić information content (AvgIpc) is 3.04. The fourth-order valence-corrected chi connectivity index (χ4v) is 5.23. The Labute approximate surface area is 261 Å². The molecule has 0 spiro atoms. The smallest absolute Gasteiger partial charge is 0.254 e. The van der Waals surface area contributed by atoms with Crippen molar-refractivity contribution >= 4 is 17.5 Å². The molecular formula is C37H44N4O3. The van der Waals surface area contributed by atoms with E-state index in [-0.39, 0.29) is 17.9 Å². The summed E-state index contributed by atoms with van der Waals surface area (Å²) in [5, 5.41) is 17.7. The van der Waals surface area contributed by atoms with Gasteiger partial charge in [-0.25, -0.2) is 0 Å². The highest BCUT2D eigenvalue weighted by molar-refractivity contribution is 6.00. The molecule has 0 heterocycles. The van der Waals surface area contributed by atoms with E-state index in [4.69, 9.17) is 0 Å². The molecule has 0 fully saturated rings. The molecule has 3 N–H and O–H groups in total. The van der Waals surface area contributed by atoms with Crippen molar-refractivity contribution in [2.75, 3.05) is 32.6 Å². The van der Waals surface area contributed by atoms with Crippen LogP contribution in [0.15, 0.2) is 103 Å². The molecule has 4 aromatic carbocycles. The highest BCUT2D eigenvalue weighted by Crippen LogP contribution is 2.22. The van der Waals surface area contributed by atoms with Gasteiger partial charge in [-0.15, -0.1) is 0 Å². The van der Waals surface area contributed by atoms with Crippen molar-refractivity contribution in [1.29, 1.82) is 0 Å². The highest BCUT2D eigenvalue weighted by atomic mass is 16.3. The molecule has 230 valence electrons. The van der Waals surface area contributed by atoms with E-state index in [9.17, 15) is 14.7 Å². The zero-order valence-electron chi connectivity index (χ0n) is 26.3. The first-order valence-corrected chi connectivity index (χ1v) is 15.1. The summed E-state index contributed by atoms with van der Waals surface area (Å²) in [6.45, 7) is 4.74. The summed E-state index contributed by atoms with van der Waals surface area (Å²) in [4.78, 5) is 30.9. The molecule has 7 heteroatoms. The lowest BCUT2D eigenvalue weighted by atomic mass is 9.99. The second kappa shape index (κ2) is 15.3. The zero-order chi connectivity index (χ0) is 31.6. The van der Waals surface area contributed by atoms with E-state index in [1.165, 1.54) is 0 Å². The number of carbonyl (C=O) groups is 2. The van der Waals surface area contributed by atoms with Crippen molar-refractivity contribution in [2.24, 2.45) is 0 Å². The molecule has 0 aliphatic carbocycles. The minimum Gasteiger partial charge on any atom is -0.390 e. The molecular weight excluding hydrogens is 548 g/mol. The van der Waals surface area contributed by atoms with E-state index in [0.717, 1.165) is 27.9 Å². The first-order chi connectivity index (χ1) is 21.1. The molecule has 0 aliphatic heterocycles. The van der Waals surface area contributed by atoms with Crippen molar-refractivity contribution in [3.05, 3.63) is 137 Å². The number of aliphatic hydroxyl groups excluding tert-OH is 1. The lowest BCUT2D eigenvalue weighted by Crippen LogP contribution is -2.48. The SMILES string of the molecule is Cc1cc(C(=O)N[C@@H](Cc2ccccc2)[C@H](O)CNCc2cccc(N(C)C)c2)cc(C(=O)N(C)[C@H](C)c2ccccc2)c1. The van der Waals surface area contributed by atoms with Gasteiger partial charge in [-0.2, -0.15) is 0 Å². The monoisotopic (exact) mass is 592 g/mol. The largest absolute Gasteiger partial charge is 0.390 e. The number of nitrogens with zero attached hydrogens (tertiary/aromatic N) is 2. The van der Waals surface area contributed by atoms with Crippen LogP contribution < -0.4 is 15.5 Å². The van der Waals surface area contributed by atoms with Crippen molar-refractivity contribution < 1.29 is 14.7 Å². The average molecular weight is 593 g/mol. The standard InChI is InChI=1S/C37H44N4O3/c1-26-19-31(23-32(20-26)37(44)41(5)27(2)30-16-10-7-11-17-30)36(43)39-34(22-28-13-8-6-9-14-28)35(42)25-38-24-29-15-12-18-33(21-29)40(3)4/h6-21,23,27,34-35,38,42H,22,24-25H2,1-5H3,(H,39,43)/t27-,34+,35-/m1/s1. The number of aryl methyl sites for hydroxylation is 1. The van der Waals surface area contributed by atoms with E-state index in [1.54, 1.807) is 30.1 Å². The van der Waals surface area contributed by atoms with Crippen LogP contribution in [0.3, 0.4) is 0 Å². The van der Waals surface area contributed by atoms with Crippen molar-refractivity contribution in [3.8, 4) is 0 Å². The Hall–Kier alpha value is -4.46. The summed E-state index contributed by atoms with van der Waals surface area (Å²) < 4.78 is 0. The number of carbonyl (C=O) groups excluding carboxylic acids is 2. The first kappa shape index (κ1) is 32.5. The van der Waals surface area contributed by atoms with E-state index in [0.29, 0.717) is 30.6 Å². The number of anilines is 1. The van der Waals surface area contributed by atoms with Gasteiger partial charge in [-0.3, -0.25) is 9.59 Å². The number of benzene rings is 4. The molecule has 4 aromatic rings. The van der Waals surface area contributed by atoms with Gasteiger partial charge >= 0.3 is 0 Å². The van der Waals surface area contributed by atoms with Gasteiger partial charge in [0.15, 0.2) is 0 Å². The molecule has 0 saturated carbocycles. The Morgan fingerprint density at radius 2 is 1.43 bits per heavy atom. The number of nitrogens with one attached hydrogen (secondary N) is 2. The van der Waals surface area contributed by atoms with Crippen molar-refractivity contribution in [1.82, 2.24) is 15.5 Å². The van der Waals surface area contributed by atoms with Crippen LogP contribution in [0.5, 0.6) is 0 Å². The first-order valence-electron chi connectivity index (χ1n) is 15.1. The molecule has 2 amide bonds. The topological polar surface area (TPSA) is 84.9 Å². The molecule has 0 unspecified atom stereocenters. The number of aliphatic hydroxyl groups is 1. The van der Waals surface area contributed by atoms with Crippen LogP contribution in [-0.4, -0.2) is 61.7 Å². The fraction of sp³-hybridized carbons (Fsp3) is 0.297.